The number of benzene rings is 2. The van der Waals surface area contributed by atoms with Crippen molar-refractivity contribution in [1.82, 2.24) is 14.9 Å². The highest BCUT2D eigenvalue weighted by Gasteiger charge is 2.21. The second-order valence-corrected chi connectivity index (χ2v) is 10.4. The van der Waals surface area contributed by atoms with Crippen LogP contribution in [0.4, 0.5) is 11.4 Å². The number of fused-ring (bicyclic) bond motifs is 1. The molecule has 208 valence electrons. The van der Waals surface area contributed by atoms with E-state index in [0.29, 0.717) is 16.9 Å². The van der Waals surface area contributed by atoms with E-state index in [2.05, 4.69) is 77.1 Å². The van der Waals surface area contributed by atoms with E-state index >= 15 is 0 Å². The number of nitrogens with one attached hydrogen (secondary N) is 2. The third kappa shape index (κ3) is 6.24. The van der Waals surface area contributed by atoms with Crippen molar-refractivity contribution in [1.29, 1.82) is 0 Å². The summed E-state index contributed by atoms with van der Waals surface area (Å²) in [6, 6.07) is 16.0. The number of aromatic nitrogens is 2. The van der Waals surface area contributed by atoms with Crippen molar-refractivity contribution in [2.45, 2.75) is 26.9 Å². The molecule has 0 aliphatic rings. The zero-order valence-electron chi connectivity index (χ0n) is 24.0. The smallest absolute Gasteiger partial charge is 0.339 e. The maximum absolute atomic E-state index is 12.8. The summed E-state index contributed by atoms with van der Waals surface area (Å²) in [5.74, 6) is -0.708. The molecule has 40 heavy (non-hydrogen) atoms. The van der Waals surface area contributed by atoms with Crippen LogP contribution >= 0.6 is 0 Å². The van der Waals surface area contributed by atoms with Crippen LogP contribution in [0.5, 0.6) is 0 Å². The third-order valence-corrected chi connectivity index (χ3v) is 6.75. The topological polar surface area (TPSA) is 90.6 Å². The van der Waals surface area contributed by atoms with Crippen LogP contribution in [0, 0.1) is 6.92 Å². The molecule has 4 rings (SSSR count). The minimum atomic E-state index is -0.424. The molecule has 0 saturated heterocycles. The number of nitrogens with zero attached hydrogens (tertiary/aromatic N) is 3. The van der Waals surface area contributed by atoms with E-state index in [0.717, 1.165) is 52.1 Å². The molecule has 8 nitrogen and oxygen atoms in total. The monoisotopic (exact) mass is 539 g/mol. The summed E-state index contributed by atoms with van der Waals surface area (Å²) < 4.78 is 5.44. The van der Waals surface area contributed by atoms with Crippen LogP contribution in [-0.4, -0.2) is 67.1 Å². The van der Waals surface area contributed by atoms with Gasteiger partial charge in [-0.05, 0) is 81.9 Å². The molecule has 2 aromatic carbocycles. The first-order valence-electron chi connectivity index (χ1n) is 13.3. The lowest BCUT2D eigenvalue weighted by atomic mass is 9.94. The molecule has 8 heteroatoms. The van der Waals surface area contributed by atoms with Gasteiger partial charge in [0.05, 0.1) is 17.4 Å². The van der Waals surface area contributed by atoms with E-state index < -0.39 is 5.97 Å². The van der Waals surface area contributed by atoms with Crippen LogP contribution < -0.4 is 10.2 Å². The van der Waals surface area contributed by atoms with E-state index in [1.165, 1.54) is 12.3 Å². The molecule has 0 saturated carbocycles. The predicted octanol–water partition coefficient (Wildman–Crippen LogP) is 5.89. The van der Waals surface area contributed by atoms with E-state index in [-0.39, 0.29) is 12.0 Å². The first kappa shape index (κ1) is 28.6. The molecular weight excluding hydrogens is 502 g/mol. The summed E-state index contributed by atoms with van der Waals surface area (Å²) in [5.41, 5.74) is 7.36. The van der Waals surface area contributed by atoms with Gasteiger partial charge in [-0.1, -0.05) is 30.8 Å². The SMILES string of the molecule is C=CC(=O)Nc1cccc(-c2c(-c3ccc(N(C)CCN(C)C)cc3)[nH]c3ncc(C(=O)OC(C)C)cc23)c1C. The summed E-state index contributed by atoms with van der Waals surface area (Å²) in [6.45, 7) is 11.0. The van der Waals surface area contributed by atoms with Crippen molar-refractivity contribution in [2.24, 2.45) is 0 Å². The second-order valence-electron chi connectivity index (χ2n) is 10.4. The number of pyridine rings is 1. The number of anilines is 2. The minimum absolute atomic E-state index is 0.244. The van der Waals surface area contributed by atoms with Crippen molar-refractivity contribution < 1.29 is 14.3 Å². The van der Waals surface area contributed by atoms with Gasteiger partial charge in [0.1, 0.15) is 5.65 Å². The lowest BCUT2D eigenvalue weighted by Gasteiger charge is -2.21. The largest absolute Gasteiger partial charge is 0.459 e. The summed E-state index contributed by atoms with van der Waals surface area (Å²) in [5, 5.41) is 3.68. The van der Waals surface area contributed by atoms with Crippen molar-refractivity contribution in [2.75, 3.05) is 44.4 Å². The normalized spacial score (nSPS) is 11.2. The van der Waals surface area contributed by atoms with Crippen LogP contribution in [-0.2, 0) is 9.53 Å². The van der Waals surface area contributed by atoms with Crippen molar-refractivity contribution in [3.8, 4) is 22.4 Å². The maximum Gasteiger partial charge on any atom is 0.339 e. The van der Waals surface area contributed by atoms with Gasteiger partial charge < -0.3 is 24.8 Å². The van der Waals surface area contributed by atoms with Gasteiger partial charge in [-0.2, -0.15) is 0 Å². The van der Waals surface area contributed by atoms with Gasteiger partial charge in [-0.3, -0.25) is 4.79 Å². The fraction of sp³-hybridized carbons (Fsp3) is 0.281. The molecule has 0 fully saturated rings. The zero-order valence-corrected chi connectivity index (χ0v) is 24.0. The summed E-state index contributed by atoms with van der Waals surface area (Å²) in [6.07, 6.45) is 2.54. The van der Waals surface area contributed by atoms with Gasteiger partial charge in [0, 0.05) is 48.7 Å². The number of esters is 1. The first-order valence-corrected chi connectivity index (χ1v) is 13.3. The highest BCUT2D eigenvalue weighted by Crippen LogP contribution is 2.41. The Labute approximate surface area is 235 Å². The number of carbonyl (C=O) groups excluding carboxylic acids is 2. The number of amides is 1. The molecule has 0 bridgehead atoms. The Balaban J connectivity index is 1.87. The van der Waals surface area contributed by atoms with Gasteiger partial charge in [0.15, 0.2) is 0 Å². The van der Waals surface area contributed by atoms with E-state index in [1.807, 2.05) is 45.0 Å². The van der Waals surface area contributed by atoms with Crippen LogP contribution in [0.3, 0.4) is 0 Å². The molecule has 2 heterocycles. The number of aromatic amines is 1. The Kier molecular flexibility index (Phi) is 8.70. The molecule has 0 spiro atoms. The van der Waals surface area contributed by atoms with E-state index in [1.54, 1.807) is 0 Å². The number of hydrogen-bond acceptors (Lipinski definition) is 6. The van der Waals surface area contributed by atoms with Crippen LogP contribution in [0.1, 0.15) is 29.8 Å². The summed E-state index contributed by atoms with van der Waals surface area (Å²) in [4.78, 5) is 37.3. The van der Waals surface area contributed by atoms with Gasteiger partial charge >= 0.3 is 5.97 Å². The molecule has 1 amide bonds. The molecule has 0 radical (unpaired) electrons. The van der Waals surface area contributed by atoms with E-state index in [9.17, 15) is 9.59 Å². The number of rotatable bonds is 10. The molecule has 0 atom stereocenters. The van der Waals surface area contributed by atoms with Crippen LogP contribution in [0.15, 0.2) is 67.4 Å². The standard InChI is InChI=1S/C32H37N5O3/c1-8-28(38)34-27-11-9-10-25(21(27)4)29-26-18-23(32(39)40-20(2)3)19-33-31(26)35-30(29)22-12-14-24(15-13-22)37(7)17-16-36(5)6/h8-15,18-20H,1,16-17H2,2-7H3,(H,33,35)(H,34,38). The molecule has 0 aliphatic heterocycles. The Bertz CT molecular complexity index is 1540. The summed E-state index contributed by atoms with van der Waals surface area (Å²) >= 11 is 0. The number of H-pyrrole nitrogens is 1. The Hall–Kier alpha value is -4.43. The molecule has 2 N–H and O–H groups in total. The number of ether oxygens (including phenoxy) is 1. The predicted molar refractivity (Wildman–Crippen MR) is 163 cm³/mol. The molecule has 0 unspecified atom stereocenters. The summed E-state index contributed by atoms with van der Waals surface area (Å²) in [7, 11) is 6.22. The Morgan fingerprint density at radius 2 is 1.82 bits per heavy atom. The highest BCUT2D eigenvalue weighted by atomic mass is 16.5. The molecule has 2 aromatic heterocycles. The van der Waals surface area contributed by atoms with Gasteiger partial charge in [-0.15, -0.1) is 0 Å². The fourth-order valence-electron chi connectivity index (χ4n) is 4.55. The lowest BCUT2D eigenvalue weighted by molar-refractivity contribution is -0.111. The number of carbonyl (C=O) groups is 2. The Morgan fingerprint density at radius 3 is 2.48 bits per heavy atom. The molecule has 0 aliphatic carbocycles. The van der Waals surface area contributed by atoms with Crippen molar-refractivity contribution in [3.05, 3.63) is 78.5 Å². The average molecular weight is 540 g/mol. The van der Waals surface area contributed by atoms with Gasteiger partial charge in [0.25, 0.3) is 0 Å². The van der Waals surface area contributed by atoms with Crippen LogP contribution in [0.2, 0.25) is 0 Å². The van der Waals surface area contributed by atoms with Gasteiger partial charge in [0.2, 0.25) is 5.91 Å². The average Bonchev–Trinajstić information content (AvgIpc) is 3.31. The minimum Gasteiger partial charge on any atom is -0.459 e. The van der Waals surface area contributed by atoms with E-state index in [4.69, 9.17) is 4.74 Å². The number of hydrogen-bond donors (Lipinski definition) is 2. The number of likely N-dealkylation sites (N-methyl/N-ethyl adjacent to an activating group) is 2. The third-order valence-electron chi connectivity index (χ3n) is 6.75. The first-order chi connectivity index (χ1) is 19.1. The van der Waals surface area contributed by atoms with Crippen LogP contribution in [0.25, 0.3) is 33.4 Å². The quantitative estimate of drug-likeness (QED) is 0.193. The lowest BCUT2D eigenvalue weighted by Crippen LogP contribution is -2.28. The van der Waals surface area contributed by atoms with Crippen molar-refractivity contribution in [3.63, 3.8) is 0 Å². The fourth-order valence-corrected chi connectivity index (χ4v) is 4.55. The molecule has 4 aromatic rings. The van der Waals surface area contributed by atoms with Crippen molar-refractivity contribution >= 4 is 34.3 Å². The zero-order chi connectivity index (χ0) is 29.0. The highest BCUT2D eigenvalue weighted by molar-refractivity contribution is 6.07. The second kappa shape index (κ2) is 12.2. The maximum atomic E-state index is 12.8. The molecular formula is C32H37N5O3. The Morgan fingerprint density at radius 1 is 1.10 bits per heavy atom. The van der Waals surface area contributed by atoms with Gasteiger partial charge in [-0.25, -0.2) is 9.78 Å².